The minimum atomic E-state index is -1.53. The van der Waals surface area contributed by atoms with Crippen molar-refractivity contribution in [3.63, 3.8) is 0 Å². The number of benzene rings is 3. The molecule has 0 heterocycles. The van der Waals surface area contributed by atoms with Crippen molar-refractivity contribution in [3.8, 4) is 0 Å². The Bertz CT molecular complexity index is 606. The third-order valence-electron chi connectivity index (χ3n) is 4.07. The summed E-state index contributed by atoms with van der Waals surface area (Å²) in [6.07, 6.45) is 1.14. The monoisotopic (exact) mass is 672 g/mol. The summed E-state index contributed by atoms with van der Waals surface area (Å²) in [4.78, 5) is 0. The van der Waals surface area contributed by atoms with Gasteiger partial charge in [0, 0.05) is 0 Å². The molecule has 0 radical (unpaired) electrons. The van der Waals surface area contributed by atoms with Crippen LogP contribution in [0.3, 0.4) is 0 Å². The number of hydrogen-bond donors (Lipinski definition) is 0. The Hall–Kier alpha value is 0.280. The zero-order valence-corrected chi connectivity index (χ0v) is 20.8. The molecule has 0 aliphatic heterocycles. The van der Waals surface area contributed by atoms with E-state index in [4.69, 9.17) is 0 Å². The Balaban J connectivity index is 0.000000647. The second-order valence-electron chi connectivity index (χ2n) is 5.19. The van der Waals surface area contributed by atoms with Gasteiger partial charge in [-0.2, -0.15) is 0 Å². The zero-order chi connectivity index (χ0) is 17.3. The quantitative estimate of drug-likeness (QED) is 0.296. The normalized spacial score (nSPS) is 10.8. The van der Waals surface area contributed by atoms with E-state index in [1.807, 2.05) is 0 Å². The molecule has 0 fully saturated rings. The maximum atomic E-state index is 2.39. The first kappa shape index (κ1) is 20.6. The molecular weight excluding hydrogens is 652 g/mol. The Kier molecular flexibility index (Phi) is 9.51. The summed E-state index contributed by atoms with van der Waals surface area (Å²) >= 11 is 5.30. The summed E-state index contributed by atoms with van der Waals surface area (Å²) < 4.78 is 0. The van der Waals surface area contributed by atoms with Gasteiger partial charge in [-0.25, -0.2) is 0 Å². The van der Waals surface area contributed by atoms with E-state index in [1.54, 1.807) is 0 Å². The number of halogens is 3. The van der Waals surface area contributed by atoms with Crippen LogP contribution in [0.1, 0.15) is 6.92 Å². The Labute approximate surface area is 175 Å². The molecule has 3 aromatic carbocycles. The average molecular weight is 672 g/mol. The van der Waals surface area contributed by atoms with Gasteiger partial charge >= 0.3 is 50.5 Å². The molecule has 24 heavy (non-hydrogen) atoms. The van der Waals surface area contributed by atoms with E-state index in [-0.39, 0.29) is 0 Å². The van der Waals surface area contributed by atoms with Crippen molar-refractivity contribution in [2.45, 2.75) is 6.92 Å². The van der Waals surface area contributed by atoms with Crippen molar-refractivity contribution >= 4 is 60.4 Å². The van der Waals surface area contributed by atoms with Crippen LogP contribution in [0.5, 0.6) is 0 Å². The standard InChI is InChI=1S/C20H20P.I3/c1-2-21(18-12-6-3-7-13-18,19-14-8-4-9-15-19)20-16-10-5-11-17-20;1-3-2/h3-17H,2H2,1H3;/q+1;-1. The summed E-state index contributed by atoms with van der Waals surface area (Å²) in [5, 5.41) is 4.39. The van der Waals surface area contributed by atoms with Crippen molar-refractivity contribution < 1.29 is 13.3 Å². The molecule has 4 heteroatoms. The van der Waals surface area contributed by atoms with E-state index in [2.05, 4.69) is 135 Å². The van der Waals surface area contributed by atoms with Crippen LogP contribution >= 0.6 is 44.5 Å². The van der Waals surface area contributed by atoms with Gasteiger partial charge in [0.05, 0.1) is 6.16 Å². The van der Waals surface area contributed by atoms with E-state index in [0.29, 0.717) is 13.3 Å². The SMILES string of the molecule is CC[P+](c1ccccc1)(c1ccccc1)c1ccccc1.I[I-]I. The molecule has 0 aliphatic rings. The van der Waals surface area contributed by atoms with Gasteiger partial charge in [0.15, 0.2) is 0 Å². The number of rotatable bonds is 4. The van der Waals surface area contributed by atoms with Crippen LogP contribution < -0.4 is 29.2 Å². The van der Waals surface area contributed by atoms with Crippen LogP contribution in [-0.4, -0.2) is 6.16 Å². The fourth-order valence-corrected chi connectivity index (χ4v) is 7.08. The molecule has 0 aromatic heterocycles. The topological polar surface area (TPSA) is 0 Å². The van der Waals surface area contributed by atoms with Crippen LogP contribution in [-0.2, 0) is 0 Å². The van der Waals surface area contributed by atoms with Crippen LogP contribution in [0, 0.1) is 0 Å². The molecule has 0 bridgehead atoms. The molecule has 0 nitrogen and oxygen atoms in total. The summed E-state index contributed by atoms with van der Waals surface area (Å²) in [5.74, 6) is 0. The third-order valence-corrected chi connectivity index (χ3v) is 8.55. The molecule has 0 saturated carbocycles. The molecule has 0 atom stereocenters. The van der Waals surface area contributed by atoms with Crippen molar-refractivity contribution in [1.82, 2.24) is 0 Å². The Morgan fingerprint density at radius 2 is 0.875 bits per heavy atom. The Morgan fingerprint density at radius 3 is 1.08 bits per heavy atom. The van der Waals surface area contributed by atoms with Gasteiger partial charge in [-0.1, -0.05) is 54.6 Å². The fraction of sp³-hybridized carbons (Fsp3) is 0.100. The summed E-state index contributed by atoms with van der Waals surface area (Å²) in [5.41, 5.74) is 0. The van der Waals surface area contributed by atoms with Crippen molar-refractivity contribution in [2.24, 2.45) is 0 Å². The second kappa shape index (κ2) is 11.1. The van der Waals surface area contributed by atoms with Crippen LogP contribution in [0.2, 0.25) is 0 Å². The average Bonchev–Trinajstić information content (AvgIpc) is 2.66. The van der Waals surface area contributed by atoms with E-state index in [1.165, 1.54) is 15.9 Å². The first-order valence-corrected chi connectivity index (χ1v) is 22.3. The fourth-order valence-electron chi connectivity index (χ4n) is 3.04. The van der Waals surface area contributed by atoms with Crippen LogP contribution in [0.4, 0.5) is 0 Å². The molecule has 0 aliphatic carbocycles. The molecular formula is C20H20I3P. The van der Waals surface area contributed by atoms with E-state index >= 15 is 0 Å². The first-order chi connectivity index (χ1) is 11.8. The predicted molar refractivity (Wildman–Crippen MR) is 124 cm³/mol. The molecule has 0 N–H and O–H groups in total. The summed E-state index contributed by atoms with van der Waals surface area (Å²) in [6, 6.07) is 33.0. The van der Waals surface area contributed by atoms with E-state index in [0.717, 1.165) is 6.16 Å². The molecule has 126 valence electrons. The van der Waals surface area contributed by atoms with Crippen molar-refractivity contribution in [3.05, 3.63) is 91.0 Å². The van der Waals surface area contributed by atoms with Gasteiger partial charge in [-0.3, -0.25) is 0 Å². The third kappa shape index (κ3) is 4.92. The van der Waals surface area contributed by atoms with E-state index < -0.39 is 7.26 Å². The molecule has 3 aromatic rings. The Morgan fingerprint density at radius 1 is 0.625 bits per heavy atom. The van der Waals surface area contributed by atoms with Crippen molar-refractivity contribution in [1.29, 1.82) is 0 Å². The predicted octanol–water partition coefficient (Wildman–Crippen LogP) is 2.78. The van der Waals surface area contributed by atoms with Crippen molar-refractivity contribution in [2.75, 3.05) is 6.16 Å². The molecule has 3 rings (SSSR count). The van der Waals surface area contributed by atoms with Gasteiger partial charge < -0.3 is 0 Å². The van der Waals surface area contributed by atoms with Gasteiger partial charge in [-0.15, -0.1) is 0 Å². The molecule has 0 saturated heterocycles. The summed E-state index contributed by atoms with van der Waals surface area (Å²) in [7, 11) is -1.53. The number of hydrogen-bond acceptors (Lipinski definition) is 0. The van der Waals surface area contributed by atoms with Gasteiger partial charge in [0.25, 0.3) is 0 Å². The minimum absolute atomic E-state index is 0.530. The van der Waals surface area contributed by atoms with Crippen LogP contribution in [0.25, 0.3) is 0 Å². The first-order valence-electron chi connectivity index (χ1n) is 7.71. The second-order valence-corrected chi connectivity index (χ2v) is 25.2. The van der Waals surface area contributed by atoms with Crippen LogP contribution in [0.15, 0.2) is 91.0 Å². The van der Waals surface area contributed by atoms with E-state index in [9.17, 15) is 0 Å². The molecule has 0 unspecified atom stereocenters. The van der Waals surface area contributed by atoms with Gasteiger partial charge in [-0.05, 0) is 43.3 Å². The summed E-state index contributed by atoms with van der Waals surface area (Å²) in [6.45, 7) is 2.32. The molecule has 0 spiro atoms. The van der Waals surface area contributed by atoms with Gasteiger partial charge in [0.1, 0.15) is 23.2 Å². The van der Waals surface area contributed by atoms with Gasteiger partial charge in [0.2, 0.25) is 0 Å². The maximum absolute atomic E-state index is 2.39. The zero-order valence-electron chi connectivity index (χ0n) is 13.4. The molecule has 0 amide bonds.